The van der Waals surface area contributed by atoms with E-state index in [1.54, 1.807) is 6.92 Å². The molecule has 0 radical (unpaired) electrons. The van der Waals surface area contributed by atoms with Crippen LogP contribution in [0.15, 0.2) is 15.8 Å². The molecule has 1 aliphatic heterocycles. The lowest BCUT2D eigenvalue weighted by atomic mass is 10.0. The molecule has 106 valence electrons. The highest BCUT2D eigenvalue weighted by Crippen LogP contribution is 2.30. The van der Waals surface area contributed by atoms with Crippen LogP contribution in [0.1, 0.15) is 38.5 Å². The molecule has 0 aromatic carbocycles. The van der Waals surface area contributed by atoms with E-state index >= 15 is 0 Å². The summed E-state index contributed by atoms with van der Waals surface area (Å²) in [6.45, 7) is 5.74. The Kier molecular flexibility index (Phi) is 3.91. The molecule has 3 atom stereocenters. The van der Waals surface area contributed by atoms with Gasteiger partial charge in [0.05, 0.1) is 12.2 Å². The zero-order valence-corrected chi connectivity index (χ0v) is 11.4. The molecule has 2 rings (SSSR count). The number of rotatable bonds is 3. The van der Waals surface area contributed by atoms with Crippen molar-refractivity contribution >= 4 is 0 Å². The number of aromatic nitrogens is 2. The van der Waals surface area contributed by atoms with Crippen molar-refractivity contribution in [3.63, 3.8) is 0 Å². The molecule has 0 amide bonds. The van der Waals surface area contributed by atoms with Crippen LogP contribution in [-0.2, 0) is 4.74 Å². The molecule has 1 aromatic heterocycles. The first kappa shape index (κ1) is 14.0. The van der Waals surface area contributed by atoms with E-state index in [1.807, 2.05) is 0 Å². The van der Waals surface area contributed by atoms with Crippen molar-refractivity contribution in [2.75, 3.05) is 0 Å². The Morgan fingerprint density at radius 3 is 2.84 bits per heavy atom. The number of nitrogens with zero attached hydrogens (tertiary/aromatic N) is 1. The van der Waals surface area contributed by atoms with E-state index in [1.165, 1.54) is 10.8 Å². The van der Waals surface area contributed by atoms with Crippen LogP contribution < -0.4 is 11.2 Å². The first-order valence-corrected chi connectivity index (χ1v) is 6.54. The molecule has 2 heterocycles. The Bertz CT molecular complexity index is 560. The number of H-pyrrole nitrogens is 1. The van der Waals surface area contributed by atoms with Crippen molar-refractivity contribution in [3.8, 4) is 0 Å². The number of hydrogen-bond acceptors (Lipinski definition) is 4. The Hall–Kier alpha value is -1.40. The van der Waals surface area contributed by atoms with Gasteiger partial charge in [0.15, 0.2) is 0 Å². The number of nitrogens with one attached hydrogen (secondary N) is 1. The lowest BCUT2D eigenvalue weighted by Crippen LogP contribution is -2.33. The summed E-state index contributed by atoms with van der Waals surface area (Å²) in [5.41, 5.74) is -0.443. The topological polar surface area (TPSA) is 84.3 Å². The molecular weight excluding hydrogens is 248 g/mol. The second-order valence-corrected chi connectivity index (χ2v) is 5.54. The van der Waals surface area contributed by atoms with Crippen LogP contribution in [0.25, 0.3) is 0 Å². The first-order valence-electron chi connectivity index (χ1n) is 6.54. The highest BCUT2D eigenvalue weighted by Gasteiger charge is 2.35. The summed E-state index contributed by atoms with van der Waals surface area (Å²) in [4.78, 5) is 25.3. The highest BCUT2D eigenvalue weighted by atomic mass is 16.5. The number of aliphatic hydroxyl groups is 1. The summed E-state index contributed by atoms with van der Waals surface area (Å²) in [6.07, 6.45) is 1.24. The standard InChI is InChI=1S/C13H20N2O4/c1-7(2)4-10-9(16)5-11(19-10)15-6-8(3)12(17)14-13(15)18/h6-7,9-11,16H,4-5H2,1-3H3,(H,14,17,18). The normalized spacial score (nSPS) is 27.1. The van der Waals surface area contributed by atoms with Gasteiger partial charge in [-0.1, -0.05) is 13.8 Å². The largest absolute Gasteiger partial charge is 0.390 e. The zero-order valence-electron chi connectivity index (χ0n) is 11.4. The van der Waals surface area contributed by atoms with Crippen LogP contribution in [-0.4, -0.2) is 26.9 Å². The fraction of sp³-hybridized carbons (Fsp3) is 0.692. The van der Waals surface area contributed by atoms with Gasteiger partial charge in [-0.15, -0.1) is 0 Å². The van der Waals surface area contributed by atoms with Gasteiger partial charge in [0.1, 0.15) is 6.23 Å². The van der Waals surface area contributed by atoms with Crippen LogP contribution in [0.2, 0.25) is 0 Å². The first-order chi connectivity index (χ1) is 8.88. The van der Waals surface area contributed by atoms with Gasteiger partial charge < -0.3 is 9.84 Å². The van der Waals surface area contributed by atoms with Gasteiger partial charge in [-0.05, 0) is 19.3 Å². The SMILES string of the molecule is Cc1cn(C2CC(O)C(CC(C)C)O2)c(=O)[nH]c1=O. The van der Waals surface area contributed by atoms with Gasteiger partial charge in [0.25, 0.3) is 5.56 Å². The molecule has 1 aliphatic rings. The van der Waals surface area contributed by atoms with Gasteiger partial charge >= 0.3 is 5.69 Å². The summed E-state index contributed by atoms with van der Waals surface area (Å²) < 4.78 is 7.08. The third-order valence-electron chi connectivity index (χ3n) is 3.36. The van der Waals surface area contributed by atoms with Crippen LogP contribution in [0.3, 0.4) is 0 Å². The third kappa shape index (κ3) is 2.96. The molecule has 0 bridgehead atoms. The molecule has 6 heteroatoms. The molecule has 1 fully saturated rings. The van der Waals surface area contributed by atoms with Crippen LogP contribution >= 0.6 is 0 Å². The molecule has 0 saturated carbocycles. The monoisotopic (exact) mass is 268 g/mol. The molecule has 0 aliphatic carbocycles. The number of ether oxygens (including phenoxy) is 1. The smallest absolute Gasteiger partial charge is 0.330 e. The number of aromatic amines is 1. The minimum absolute atomic E-state index is 0.260. The van der Waals surface area contributed by atoms with E-state index in [0.717, 1.165) is 6.42 Å². The van der Waals surface area contributed by atoms with E-state index in [9.17, 15) is 14.7 Å². The van der Waals surface area contributed by atoms with Crippen LogP contribution in [0.4, 0.5) is 0 Å². The molecule has 6 nitrogen and oxygen atoms in total. The van der Waals surface area contributed by atoms with Crippen molar-refractivity contribution in [2.24, 2.45) is 5.92 Å². The maximum Gasteiger partial charge on any atom is 0.330 e. The Labute approximate surface area is 111 Å². The van der Waals surface area contributed by atoms with Gasteiger partial charge in [0.2, 0.25) is 0 Å². The van der Waals surface area contributed by atoms with Crippen LogP contribution in [0.5, 0.6) is 0 Å². The number of aryl methyl sites for hydroxylation is 1. The molecule has 1 aromatic rings. The molecule has 0 spiro atoms. The second-order valence-electron chi connectivity index (χ2n) is 5.54. The fourth-order valence-corrected chi connectivity index (χ4v) is 2.36. The van der Waals surface area contributed by atoms with E-state index in [4.69, 9.17) is 4.74 Å². The maximum absolute atomic E-state index is 11.8. The van der Waals surface area contributed by atoms with E-state index < -0.39 is 23.6 Å². The second kappa shape index (κ2) is 5.30. The number of hydrogen-bond donors (Lipinski definition) is 2. The highest BCUT2D eigenvalue weighted by molar-refractivity contribution is 5.02. The van der Waals surface area contributed by atoms with E-state index in [0.29, 0.717) is 17.9 Å². The van der Waals surface area contributed by atoms with Crippen molar-refractivity contribution in [2.45, 2.75) is 52.0 Å². The average molecular weight is 268 g/mol. The van der Waals surface area contributed by atoms with Gasteiger partial charge in [0, 0.05) is 18.2 Å². The predicted molar refractivity (Wildman–Crippen MR) is 70.0 cm³/mol. The zero-order chi connectivity index (χ0) is 14.2. The maximum atomic E-state index is 11.8. The lowest BCUT2D eigenvalue weighted by molar-refractivity contribution is -0.0297. The Balaban J connectivity index is 2.23. The predicted octanol–water partition coefficient (Wildman–Crippen LogP) is 0.540. The summed E-state index contributed by atoms with van der Waals surface area (Å²) >= 11 is 0. The van der Waals surface area contributed by atoms with Gasteiger partial charge in [-0.25, -0.2) is 4.79 Å². The molecule has 1 saturated heterocycles. The molecule has 3 unspecified atom stereocenters. The average Bonchev–Trinajstić information content (AvgIpc) is 2.64. The summed E-state index contributed by atoms with van der Waals surface area (Å²) in [7, 11) is 0. The van der Waals surface area contributed by atoms with Crippen LogP contribution in [0, 0.1) is 12.8 Å². The molecular formula is C13H20N2O4. The number of aliphatic hydroxyl groups excluding tert-OH is 1. The Morgan fingerprint density at radius 1 is 1.53 bits per heavy atom. The minimum atomic E-state index is -0.577. The summed E-state index contributed by atoms with van der Waals surface area (Å²) in [5.74, 6) is 0.410. The fourth-order valence-electron chi connectivity index (χ4n) is 2.36. The van der Waals surface area contributed by atoms with E-state index in [-0.39, 0.29) is 6.10 Å². The van der Waals surface area contributed by atoms with Crippen molar-refractivity contribution < 1.29 is 9.84 Å². The lowest BCUT2D eigenvalue weighted by Gasteiger charge is -2.17. The van der Waals surface area contributed by atoms with Gasteiger partial charge in [-0.2, -0.15) is 0 Å². The molecule has 19 heavy (non-hydrogen) atoms. The summed E-state index contributed by atoms with van der Waals surface area (Å²) in [6, 6.07) is 0. The van der Waals surface area contributed by atoms with Gasteiger partial charge in [-0.3, -0.25) is 14.3 Å². The van der Waals surface area contributed by atoms with Crippen molar-refractivity contribution in [3.05, 3.63) is 32.6 Å². The van der Waals surface area contributed by atoms with Crippen molar-refractivity contribution in [1.29, 1.82) is 0 Å². The quantitative estimate of drug-likeness (QED) is 0.838. The minimum Gasteiger partial charge on any atom is -0.390 e. The van der Waals surface area contributed by atoms with Crippen molar-refractivity contribution in [1.82, 2.24) is 9.55 Å². The van der Waals surface area contributed by atoms with E-state index in [2.05, 4.69) is 18.8 Å². The molecule has 2 N–H and O–H groups in total. The third-order valence-corrected chi connectivity index (χ3v) is 3.36. The summed E-state index contributed by atoms with van der Waals surface area (Å²) in [5, 5.41) is 9.97. The Morgan fingerprint density at radius 2 is 2.21 bits per heavy atom.